The van der Waals surface area contributed by atoms with Gasteiger partial charge in [0, 0.05) is 38.7 Å². The third-order valence-corrected chi connectivity index (χ3v) is 4.19. The lowest BCUT2D eigenvalue weighted by atomic mass is 9.92. The van der Waals surface area contributed by atoms with Crippen LogP contribution in [0.3, 0.4) is 0 Å². The van der Waals surface area contributed by atoms with Gasteiger partial charge in [-0.1, -0.05) is 13.8 Å². The topological polar surface area (TPSA) is 74.0 Å². The molecule has 0 bridgehead atoms. The van der Waals surface area contributed by atoms with Crippen LogP contribution in [0.15, 0.2) is 18.6 Å². The van der Waals surface area contributed by atoms with Gasteiger partial charge in [0.05, 0.1) is 23.9 Å². The van der Waals surface area contributed by atoms with Crippen LogP contribution in [-0.4, -0.2) is 38.2 Å². The summed E-state index contributed by atoms with van der Waals surface area (Å²) in [5.74, 6) is 0.205. The molecular weight excluding hydrogens is 294 g/mol. The number of nitrogens with one attached hydrogen (secondary N) is 1. The SMILES string of the molecule is CC(C)[C@H]1OCC[C@H]1C(=O)Nc1cn(C)nc1-c1cnn(C)c1. The van der Waals surface area contributed by atoms with Crippen molar-refractivity contribution in [3.8, 4) is 11.3 Å². The summed E-state index contributed by atoms with van der Waals surface area (Å²) in [4.78, 5) is 12.7. The number of rotatable bonds is 4. The Balaban J connectivity index is 1.82. The molecule has 7 nitrogen and oxygen atoms in total. The van der Waals surface area contributed by atoms with Crippen LogP contribution in [0.25, 0.3) is 11.3 Å². The minimum atomic E-state index is -0.114. The van der Waals surface area contributed by atoms with E-state index in [4.69, 9.17) is 4.74 Å². The lowest BCUT2D eigenvalue weighted by Crippen LogP contribution is -2.32. The van der Waals surface area contributed by atoms with Crippen molar-refractivity contribution in [1.29, 1.82) is 0 Å². The van der Waals surface area contributed by atoms with E-state index in [1.807, 2.05) is 26.5 Å². The van der Waals surface area contributed by atoms with Gasteiger partial charge in [-0.3, -0.25) is 14.2 Å². The number of aromatic nitrogens is 4. The zero-order chi connectivity index (χ0) is 16.6. The number of carbonyl (C=O) groups excluding carboxylic acids is 1. The number of hydrogen-bond acceptors (Lipinski definition) is 4. The van der Waals surface area contributed by atoms with Gasteiger partial charge in [0.1, 0.15) is 5.69 Å². The highest BCUT2D eigenvalue weighted by Gasteiger charge is 2.36. The first-order chi connectivity index (χ1) is 11.0. The smallest absolute Gasteiger partial charge is 0.230 e. The van der Waals surface area contributed by atoms with Crippen molar-refractivity contribution in [3.63, 3.8) is 0 Å². The van der Waals surface area contributed by atoms with Crippen molar-refractivity contribution in [2.75, 3.05) is 11.9 Å². The molecule has 0 aliphatic carbocycles. The highest BCUT2D eigenvalue weighted by molar-refractivity contribution is 5.96. The Morgan fingerprint density at radius 3 is 2.78 bits per heavy atom. The fourth-order valence-electron chi connectivity index (χ4n) is 3.11. The average Bonchev–Trinajstić information content (AvgIpc) is 3.18. The zero-order valence-electron chi connectivity index (χ0n) is 14.0. The highest BCUT2D eigenvalue weighted by Crippen LogP contribution is 2.30. The predicted octanol–water partition coefficient (Wildman–Crippen LogP) is 1.82. The molecule has 0 saturated carbocycles. The van der Waals surface area contributed by atoms with E-state index in [1.54, 1.807) is 15.6 Å². The summed E-state index contributed by atoms with van der Waals surface area (Å²) >= 11 is 0. The Labute approximate surface area is 135 Å². The average molecular weight is 317 g/mol. The van der Waals surface area contributed by atoms with E-state index >= 15 is 0 Å². The molecule has 1 amide bonds. The summed E-state index contributed by atoms with van der Waals surface area (Å²) in [6, 6.07) is 0. The third kappa shape index (κ3) is 3.14. The number of anilines is 1. The molecule has 7 heteroatoms. The predicted molar refractivity (Wildman–Crippen MR) is 86.7 cm³/mol. The monoisotopic (exact) mass is 317 g/mol. The fourth-order valence-corrected chi connectivity index (χ4v) is 3.11. The number of amides is 1. The van der Waals surface area contributed by atoms with Gasteiger partial charge < -0.3 is 10.1 Å². The lowest BCUT2D eigenvalue weighted by Gasteiger charge is -2.21. The maximum absolute atomic E-state index is 12.7. The molecule has 3 rings (SSSR count). The summed E-state index contributed by atoms with van der Waals surface area (Å²) in [7, 11) is 3.69. The van der Waals surface area contributed by atoms with E-state index in [0.717, 1.165) is 17.7 Å². The van der Waals surface area contributed by atoms with E-state index in [9.17, 15) is 4.79 Å². The largest absolute Gasteiger partial charge is 0.377 e. The number of hydrogen-bond donors (Lipinski definition) is 1. The minimum Gasteiger partial charge on any atom is -0.377 e. The Morgan fingerprint density at radius 1 is 1.35 bits per heavy atom. The van der Waals surface area contributed by atoms with E-state index in [-0.39, 0.29) is 17.9 Å². The maximum Gasteiger partial charge on any atom is 0.230 e. The van der Waals surface area contributed by atoms with Crippen LogP contribution in [0.2, 0.25) is 0 Å². The first kappa shape index (κ1) is 15.7. The van der Waals surface area contributed by atoms with Gasteiger partial charge >= 0.3 is 0 Å². The molecule has 1 saturated heterocycles. The summed E-state index contributed by atoms with van der Waals surface area (Å²) in [5, 5.41) is 11.6. The Bertz CT molecular complexity index is 703. The molecule has 2 atom stereocenters. The molecule has 0 radical (unpaired) electrons. The summed E-state index contributed by atoms with van der Waals surface area (Å²) in [5.41, 5.74) is 2.32. The van der Waals surface area contributed by atoms with E-state index in [1.165, 1.54) is 0 Å². The maximum atomic E-state index is 12.7. The van der Waals surface area contributed by atoms with Gasteiger partial charge in [0.25, 0.3) is 0 Å². The van der Waals surface area contributed by atoms with Crippen LogP contribution >= 0.6 is 0 Å². The Hall–Kier alpha value is -2.15. The van der Waals surface area contributed by atoms with E-state index in [0.29, 0.717) is 18.2 Å². The highest BCUT2D eigenvalue weighted by atomic mass is 16.5. The van der Waals surface area contributed by atoms with Gasteiger partial charge in [0.2, 0.25) is 5.91 Å². The number of ether oxygens (including phenoxy) is 1. The van der Waals surface area contributed by atoms with Crippen molar-refractivity contribution in [3.05, 3.63) is 18.6 Å². The van der Waals surface area contributed by atoms with Crippen LogP contribution in [0.5, 0.6) is 0 Å². The summed E-state index contributed by atoms with van der Waals surface area (Å²) < 4.78 is 9.13. The first-order valence-corrected chi connectivity index (χ1v) is 7.91. The van der Waals surface area contributed by atoms with Crippen LogP contribution in [0.1, 0.15) is 20.3 Å². The molecule has 0 aromatic carbocycles. The standard InChI is InChI=1S/C16H23N5O2/c1-10(2)15-12(5-6-23-15)16(22)18-13-9-21(4)19-14(13)11-7-17-20(3)8-11/h7-10,12,15H,5-6H2,1-4H3,(H,18,22)/t12-,15-/m1/s1. The number of nitrogens with zero attached hydrogens (tertiary/aromatic N) is 4. The second kappa shape index (κ2) is 6.16. The second-order valence-electron chi connectivity index (χ2n) is 6.43. The lowest BCUT2D eigenvalue weighted by molar-refractivity contribution is -0.122. The second-order valence-corrected chi connectivity index (χ2v) is 6.43. The molecule has 2 aromatic heterocycles. The normalized spacial score (nSPS) is 21.1. The zero-order valence-corrected chi connectivity index (χ0v) is 14.0. The molecular formula is C16H23N5O2. The fraction of sp³-hybridized carbons (Fsp3) is 0.562. The summed E-state index contributed by atoms with van der Waals surface area (Å²) in [6.07, 6.45) is 6.19. The van der Waals surface area contributed by atoms with E-state index < -0.39 is 0 Å². The summed E-state index contributed by atoms with van der Waals surface area (Å²) in [6.45, 7) is 4.81. The van der Waals surface area contributed by atoms with Crippen molar-refractivity contribution in [2.45, 2.75) is 26.4 Å². The molecule has 1 fully saturated rings. The molecule has 124 valence electrons. The quantitative estimate of drug-likeness (QED) is 0.933. The molecule has 1 aliphatic heterocycles. The number of carbonyl (C=O) groups is 1. The van der Waals surface area contributed by atoms with Crippen LogP contribution in [0, 0.1) is 11.8 Å². The molecule has 2 aromatic rings. The molecule has 1 aliphatic rings. The van der Waals surface area contributed by atoms with Crippen LogP contribution < -0.4 is 5.32 Å². The van der Waals surface area contributed by atoms with Crippen LogP contribution in [0.4, 0.5) is 5.69 Å². The first-order valence-electron chi connectivity index (χ1n) is 7.91. The Kier molecular flexibility index (Phi) is 4.21. The third-order valence-electron chi connectivity index (χ3n) is 4.19. The van der Waals surface area contributed by atoms with Crippen molar-refractivity contribution in [2.24, 2.45) is 25.9 Å². The Morgan fingerprint density at radius 2 is 2.13 bits per heavy atom. The van der Waals surface area contributed by atoms with Crippen molar-refractivity contribution < 1.29 is 9.53 Å². The molecule has 1 N–H and O–H groups in total. The molecule has 23 heavy (non-hydrogen) atoms. The van der Waals surface area contributed by atoms with Gasteiger partial charge in [-0.25, -0.2) is 0 Å². The molecule has 0 spiro atoms. The van der Waals surface area contributed by atoms with E-state index in [2.05, 4.69) is 29.4 Å². The van der Waals surface area contributed by atoms with Gasteiger partial charge in [-0.05, 0) is 12.3 Å². The number of aryl methyl sites for hydroxylation is 2. The molecule has 3 heterocycles. The molecule has 0 unspecified atom stereocenters. The van der Waals surface area contributed by atoms with Crippen LogP contribution in [-0.2, 0) is 23.6 Å². The van der Waals surface area contributed by atoms with Gasteiger partial charge in [0.15, 0.2) is 0 Å². The van der Waals surface area contributed by atoms with Gasteiger partial charge in [-0.15, -0.1) is 0 Å². The van der Waals surface area contributed by atoms with Gasteiger partial charge in [-0.2, -0.15) is 10.2 Å². The van der Waals surface area contributed by atoms with Crippen molar-refractivity contribution >= 4 is 11.6 Å². The minimum absolute atomic E-state index is 0.000611. The van der Waals surface area contributed by atoms with Crippen molar-refractivity contribution in [1.82, 2.24) is 19.6 Å².